The number of ether oxygens (including phenoxy) is 3. The van der Waals surface area contributed by atoms with Crippen LogP contribution >= 0.6 is 11.3 Å². The van der Waals surface area contributed by atoms with Gasteiger partial charge in [-0.15, -0.1) is 11.3 Å². The van der Waals surface area contributed by atoms with Gasteiger partial charge in [-0.2, -0.15) is 0 Å². The molecule has 34 heavy (non-hydrogen) atoms. The van der Waals surface area contributed by atoms with E-state index in [-0.39, 0.29) is 30.4 Å². The molecule has 3 aromatic heterocycles. The average Bonchev–Trinajstić information content (AvgIpc) is 3.31. The minimum atomic E-state index is -0.601. The molecular weight excluding hydrogens is 456 g/mol. The van der Waals surface area contributed by atoms with Crippen molar-refractivity contribution in [2.45, 2.75) is 13.0 Å². The maximum atomic E-state index is 12.6. The number of para-hydroxylation sites is 2. The molecule has 0 spiro atoms. The van der Waals surface area contributed by atoms with Crippen LogP contribution in [0.25, 0.3) is 0 Å². The van der Waals surface area contributed by atoms with Crippen molar-refractivity contribution < 1.29 is 23.8 Å². The highest BCUT2D eigenvalue weighted by molar-refractivity contribution is 7.09. The molecule has 0 saturated heterocycles. The SMILES string of the molecule is COc1ccccc1NC(=O)Cc1nc(COC(=O)c2cccnc2Oc2cccnc2)cs1. The lowest BCUT2D eigenvalue weighted by Crippen LogP contribution is -2.15. The van der Waals surface area contributed by atoms with E-state index >= 15 is 0 Å². The van der Waals surface area contributed by atoms with E-state index in [1.54, 1.807) is 55.1 Å². The van der Waals surface area contributed by atoms with Crippen molar-refractivity contribution in [3.63, 3.8) is 0 Å². The highest BCUT2D eigenvalue weighted by Crippen LogP contribution is 2.24. The second kappa shape index (κ2) is 11.0. The van der Waals surface area contributed by atoms with Crippen LogP contribution in [0.1, 0.15) is 21.1 Å². The minimum Gasteiger partial charge on any atom is -0.495 e. The van der Waals surface area contributed by atoms with Crippen LogP contribution in [-0.4, -0.2) is 33.9 Å². The molecule has 10 heteroatoms. The number of aromatic nitrogens is 3. The quantitative estimate of drug-likeness (QED) is 0.356. The summed E-state index contributed by atoms with van der Waals surface area (Å²) >= 11 is 1.31. The first kappa shape index (κ1) is 22.9. The zero-order valence-corrected chi connectivity index (χ0v) is 19.0. The summed E-state index contributed by atoms with van der Waals surface area (Å²) in [6.45, 7) is -0.0509. The number of nitrogens with one attached hydrogen (secondary N) is 1. The fourth-order valence-corrected chi connectivity index (χ4v) is 3.72. The van der Waals surface area contributed by atoms with E-state index in [2.05, 4.69) is 20.3 Å². The van der Waals surface area contributed by atoms with Crippen molar-refractivity contribution in [1.82, 2.24) is 15.0 Å². The van der Waals surface area contributed by atoms with Crippen molar-refractivity contribution in [3.8, 4) is 17.4 Å². The summed E-state index contributed by atoms with van der Waals surface area (Å²) in [5.41, 5.74) is 1.30. The van der Waals surface area contributed by atoms with Gasteiger partial charge in [-0.3, -0.25) is 9.78 Å². The Labute approximate surface area is 199 Å². The Bertz CT molecular complexity index is 1280. The maximum Gasteiger partial charge on any atom is 0.344 e. The first-order chi connectivity index (χ1) is 16.6. The van der Waals surface area contributed by atoms with Gasteiger partial charge >= 0.3 is 5.97 Å². The van der Waals surface area contributed by atoms with Gasteiger partial charge in [-0.25, -0.2) is 14.8 Å². The molecule has 0 atom stereocenters. The Morgan fingerprint density at radius 3 is 2.74 bits per heavy atom. The van der Waals surface area contributed by atoms with Gasteiger partial charge < -0.3 is 19.5 Å². The molecule has 0 saturated carbocycles. The first-order valence-corrected chi connectivity index (χ1v) is 11.1. The number of benzene rings is 1. The van der Waals surface area contributed by atoms with E-state index in [4.69, 9.17) is 14.2 Å². The van der Waals surface area contributed by atoms with Crippen molar-refractivity contribution in [2.75, 3.05) is 12.4 Å². The largest absolute Gasteiger partial charge is 0.495 e. The predicted octanol–water partition coefficient (Wildman–Crippen LogP) is 4.27. The molecule has 1 aromatic carbocycles. The van der Waals surface area contributed by atoms with Gasteiger partial charge in [0.1, 0.15) is 28.7 Å². The highest BCUT2D eigenvalue weighted by atomic mass is 32.1. The summed E-state index contributed by atoms with van der Waals surface area (Å²) in [4.78, 5) is 37.5. The molecule has 4 rings (SSSR count). The van der Waals surface area contributed by atoms with Crippen LogP contribution in [0.5, 0.6) is 17.4 Å². The van der Waals surface area contributed by atoms with Gasteiger partial charge in [-0.1, -0.05) is 12.1 Å². The summed E-state index contributed by atoms with van der Waals surface area (Å²) in [7, 11) is 1.54. The fourth-order valence-electron chi connectivity index (χ4n) is 2.94. The number of hydrogen-bond acceptors (Lipinski definition) is 9. The molecule has 0 bridgehead atoms. The van der Waals surface area contributed by atoms with Crippen LogP contribution in [0.4, 0.5) is 5.69 Å². The number of thiazole rings is 1. The molecule has 3 heterocycles. The predicted molar refractivity (Wildman–Crippen MR) is 125 cm³/mol. The topological polar surface area (TPSA) is 113 Å². The van der Waals surface area contributed by atoms with Crippen molar-refractivity contribution >= 4 is 28.9 Å². The molecule has 0 fully saturated rings. The number of carbonyl (C=O) groups excluding carboxylic acids is 2. The Hall–Kier alpha value is -4.31. The molecule has 0 unspecified atom stereocenters. The molecule has 0 aliphatic heterocycles. The third-order valence-electron chi connectivity index (χ3n) is 4.48. The summed E-state index contributed by atoms with van der Waals surface area (Å²) in [5, 5.41) is 5.15. The Kier molecular flexibility index (Phi) is 7.41. The van der Waals surface area contributed by atoms with E-state index in [1.165, 1.54) is 23.7 Å². The van der Waals surface area contributed by atoms with Gasteiger partial charge in [0.05, 0.1) is 31.1 Å². The van der Waals surface area contributed by atoms with E-state index in [0.717, 1.165) is 0 Å². The van der Waals surface area contributed by atoms with Gasteiger partial charge in [0.2, 0.25) is 11.8 Å². The summed E-state index contributed by atoms with van der Waals surface area (Å²) in [6, 6.07) is 13.8. The lowest BCUT2D eigenvalue weighted by Gasteiger charge is -2.09. The number of amides is 1. The lowest BCUT2D eigenvalue weighted by molar-refractivity contribution is -0.115. The maximum absolute atomic E-state index is 12.6. The van der Waals surface area contributed by atoms with Crippen LogP contribution < -0.4 is 14.8 Å². The fraction of sp³-hybridized carbons (Fsp3) is 0.125. The van der Waals surface area contributed by atoms with Crippen LogP contribution in [0, 0.1) is 0 Å². The minimum absolute atomic E-state index is 0.0509. The van der Waals surface area contributed by atoms with Crippen LogP contribution in [0.3, 0.4) is 0 Å². The summed E-state index contributed by atoms with van der Waals surface area (Å²) in [6.07, 6.45) is 4.74. The zero-order valence-electron chi connectivity index (χ0n) is 18.1. The number of carbonyl (C=O) groups is 2. The number of methoxy groups -OCH3 is 1. The average molecular weight is 477 g/mol. The Balaban J connectivity index is 1.33. The second-order valence-corrected chi connectivity index (χ2v) is 7.82. The van der Waals surface area contributed by atoms with Crippen molar-refractivity contribution in [1.29, 1.82) is 0 Å². The molecule has 9 nitrogen and oxygen atoms in total. The number of pyridine rings is 2. The van der Waals surface area contributed by atoms with Gasteiger partial charge in [0.25, 0.3) is 0 Å². The van der Waals surface area contributed by atoms with Crippen LogP contribution in [0.15, 0.2) is 72.5 Å². The molecule has 1 N–H and O–H groups in total. The monoisotopic (exact) mass is 476 g/mol. The van der Waals surface area contributed by atoms with E-state index in [1.807, 2.05) is 12.1 Å². The molecule has 0 aliphatic rings. The molecule has 4 aromatic rings. The van der Waals surface area contributed by atoms with Crippen molar-refractivity contribution in [3.05, 3.63) is 88.8 Å². The number of anilines is 1. The summed E-state index contributed by atoms with van der Waals surface area (Å²) < 4.78 is 16.3. The number of nitrogens with zero attached hydrogens (tertiary/aromatic N) is 3. The van der Waals surface area contributed by atoms with Gasteiger partial charge in [0.15, 0.2) is 0 Å². The Morgan fingerprint density at radius 1 is 1.06 bits per heavy atom. The van der Waals surface area contributed by atoms with Crippen molar-refractivity contribution in [2.24, 2.45) is 0 Å². The third kappa shape index (κ3) is 5.93. The van der Waals surface area contributed by atoms with Gasteiger partial charge in [0, 0.05) is 17.8 Å². The summed E-state index contributed by atoms with van der Waals surface area (Å²) in [5.74, 6) is 0.313. The number of esters is 1. The smallest absolute Gasteiger partial charge is 0.344 e. The van der Waals surface area contributed by atoms with Crippen LogP contribution in [0.2, 0.25) is 0 Å². The standard InChI is InChI=1S/C24H20N4O5S/c1-31-20-9-3-2-8-19(20)28-21(29)12-22-27-16(15-34-22)14-32-24(30)18-7-5-11-26-23(18)33-17-6-4-10-25-13-17/h2-11,13,15H,12,14H2,1H3,(H,28,29). The number of rotatable bonds is 9. The third-order valence-corrected chi connectivity index (χ3v) is 5.38. The molecule has 1 amide bonds. The molecule has 0 radical (unpaired) electrons. The second-order valence-electron chi connectivity index (χ2n) is 6.88. The van der Waals surface area contributed by atoms with Gasteiger partial charge in [-0.05, 0) is 36.4 Å². The molecule has 172 valence electrons. The number of hydrogen-bond donors (Lipinski definition) is 1. The molecular formula is C24H20N4O5S. The van der Waals surface area contributed by atoms with E-state index in [9.17, 15) is 9.59 Å². The molecule has 0 aliphatic carbocycles. The first-order valence-electron chi connectivity index (χ1n) is 10.2. The Morgan fingerprint density at radius 2 is 1.91 bits per heavy atom. The van der Waals surface area contributed by atoms with Crippen LogP contribution in [-0.2, 0) is 22.6 Å². The lowest BCUT2D eigenvalue weighted by atomic mass is 10.3. The van der Waals surface area contributed by atoms with E-state index < -0.39 is 5.97 Å². The normalized spacial score (nSPS) is 10.4. The van der Waals surface area contributed by atoms with E-state index in [0.29, 0.717) is 27.9 Å². The zero-order chi connectivity index (χ0) is 23.8. The highest BCUT2D eigenvalue weighted by Gasteiger charge is 2.17.